The van der Waals surface area contributed by atoms with Crippen LogP contribution in [-0.2, 0) is 0 Å². The zero-order valence-electron chi connectivity index (χ0n) is 10.1. The van der Waals surface area contributed by atoms with Crippen LogP contribution in [0.5, 0.6) is 0 Å². The van der Waals surface area contributed by atoms with Crippen LogP contribution in [0.1, 0.15) is 10.4 Å². The van der Waals surface area contributed by atoms with E-state index < -0.39 is 0 Å². The van der Waals surface area contributed by atoms with Gasteiger partial charge in [0, 0.05) is 31.9 Å². The van der Waals surface area contributed by atoms with Gasteiger partial charge in [0.25, 0.3) is 0 Å². The van der Waals surface area contributed by atoms with Crippen LogP contribution in [-0.4, -0.2) is 24.8 Å². The Labute approximate surface area is 101 Å². The number of carbonyl (C=O) groups is 1. The van der Waals surface area contributed by atoms with Gasteiger partial charge in [-0.3, -0.25) is 4.79 Å². The maximum Gasteiger partial charge on any atom is 0.187 e. The van der Waals surface area contributed by atoms with Crippen molar-refractivity contribution in [1.29, 1.82) is 0 Å². The Morgan fingerprint density at radius 2 is 1.76 bits per heavy atom. The molecule has 0 spiro atoms. The van der Waals surface area contributed by atoms with Crippen LogP contribution in [0, 0.1) is 0 Å². The van der Waals surface area contributed by atoms with Gasteiger partial charge in [0.15, 0.2) is 5.78 Å². The van der Waals surface area contributed by atoms with Gasteiger partial charge >= 0.3 is 0 Å². The Bertz CT molecular complexity index is 570. The summed E-state index contributed by atoms with van der Waals surface area (Å²) in [5.74, 6) is 0.0319. The minimum Gasteiger partial charge on any atom is -0.383 e. The molecule has 2 aromatic rings. The van der Waals surface area contributed by atoms with Crippen LogP contribution < -0.4 is 0 Å². The maximum atomic E-state index is 11.9. The van der Waals surface area contributed by atoms with Gasteiger partial charge in [-0.05, 0) is 16.8 Å². The lowest BCUT2D eigenvalue weighted by molar-refractivity contribution is 0.104. The minimum absolute atomic E-state index is 0.0319. The molecule has 0 N–H and O–H groups in total. The fourth-order valence-electron chi connectivity index (χ4n) is 1.66. The Hall–Kier alpha value is -2.09. The second-order valence-electron chi connectivity index (χ2n) is 4.21. The van der Waals surface area contributed by atoms with E-state index in [1.54, 1.807) is 12.3 Å². The molecule has 0 amide bonds. The molecule has 0 aromatic heterocycles. The smallest absolute Gasteiger partial charge is 0.187 e. The quantitative estimate of drug-likeness (QED) is 0.591. The molecule has 2 nitrogen and oxygen atoms in total. The molecule has 2 aromatic carbocycles. The zero-order valence-corrected chi connectivity index (χ0v) is 10.1. The summed E-state index contributed by atoms with van der Waals surface area (Å²) in [5.41, 5.74) is 0.724. The normalized spacial score (nSPS) is 10.9. The average molecular weight is 225 g/mol. The Kier molecular flexibility index (Phi) is 3.24. The molecule has 0 atom stereocenters. The highest BCUT2D eigenvalue weighted by Crippen LogP contribution is 2.16. The minimum atomic E-state index is 0.0319. The van der Waals surface area contributed by atoms with Crippen molar-refractivity contribution < 1.29 is 4.79 Å². The van der Waals surface area contributed by atoms with E-state index in [9.17, 15) is 4.79 Å². The van der Waals surface area contributed by atoms with Gasteiger partial charge < -0.3 is 4.90 Å². The highest BCUT2D eigenvalue weighted by atomic mass is 16.1. The molecule has 2 heteroatoms. The first kappa shape index (κ1) is 11.4. The second kappa shape index (κ2) is 4.83. The molecule has 0 aliphatic carbocycles. The Morgan fingerprint density at radius 3 is 2.47 bits per heavy atom. The fourth-order valence-corrected chi connectivity index (χ4v) is 1.66. The molecule has 17 heavy (non-hydrogen) atoms. The van der Waals surface area contributed by atoms with E-state index in [4.69, 9.17) is 0 Å². The monoisotopic (exact) mass is 225 g/mol. The van der Waals surface area contributed by atoms with Crippen molar-refractivity contribution in [3.05, 3.63) is 60.3 Å². The summed E-state index contributed by atoms with van der Waals surface area (Å²) in [6.07, 6.45) is 3.35. The first-order valence-corrected chi connectivity index (χ1v) is 5.54. The third-order valence-corrected chi connectivity index (χ3v) is 2.56. The zero-order chi connectivity index (χ0) is 12.3. The van der Waals surface area contributed by atoms with E-state index in [1.807, 2.05) is 61.5 Å². The molecular formula is C15H15NO. The van der Waals surface area contributed by atoms with Gasteiger partial charge in [-0.25, -0.2) is 0 Å². The highest BCUT2D eigenvalue weighted by Gasteiger charge is 2.02. The van der Waals surface area contributed by atoms with Crippen molar-refractivity contribution in [2.75, 3.05) is 14.1 Å². The van der Waals surface area contributed by atoms with Crippen molar-refractivity contribution in [2.45, 2.75) is 0 Å². The third kappa shape index (κ3) is 2.72. The number of carbonyl (C=O) groups excluding carboxylic acids is 1. The third-order valence-electron chi connectivity index (χ3n) is 2.56. The number of benzene rings is 2. The predicted octanol–water partition coefficient (Wildman–Crippen LogP) is 3.10. The number of ketones is 1. The van der Waals surface area contributed by atoms with Crippen molar-refractivity contribution in [2.24, 2.45) is 0 Å². The summed E-state index contributed by atoms with van der Waals surface area (Å²) >= 11 is 0. The van der Waals surface area contributed by atoms with E-state index >= 15 is 0 Å². The van der Waals surface area contributed by atoms with Crippen molar-refractivity contribution >= 4 is 16.6 Å². The summed E-state index contributed by atoms with van der Waals surface area (Å²) < 4.78 is 0. The van der Waals surface area contributed by atoms with E-state index in [-0.39, 0.29) is 5.78 Å². The van der Waals surface area contributed by atoms with Crippen molar-refractivity contribution in [3.8, 4) is 0 Å². The SMILES string of the molecule is CN(C)/C=C/C(=O)c1ccc2ccccc2c1. The molecule has 0 bridgehead atoms. The van der Waals surface area contributed by atoms with E-state index in [0.29, 0.717) is 0 Å². The van der Waals surface area contributed by atoms with Gasteiger partial charge in [0.1, 0.15) is 0 Å². The number of hydrogen-bond donors (Lipinski definition) is 0. The van der Waals surface area contributed by atoms with Crippen LogP contribution >= 0.6 is 0 Å². The van der Waals surface area contributed by atoms with E-state index in [2.05, 4.69) is 0 Å². The molecule has 0 saturated heterocycles. The van der Waals surface area contributed by atoms with Crippen LogP contribution in [0.25, 0.3) is 10.8 Å². The summed E-state index contributed by atoms with van der Waals surface area (Å²) in [5, 5.41) is 2.25. The Balaban J connectivity index is 2.33. The van der Waals surface area contributed by atoms with Gasteiger partial charge in [0.2, 0.25) is 0 Å². The summed E-state index contributed by atoms with van der Waals surface area (Å²) in [4.78, 5) is 13.7. The molecule has 0 heterocycles. The molecule has 0 fully saturated rings. The number of rotatable bonds is 3. The van der Waals surface area contributed by atoms with Gasteiger partial charge in [0.05, 0.1) is 0 Å². The number of hydrogen-bond acceptors (Lipinski definition) is 2. The van der Waals surface area contributed by atoms with Crippen LogP contribution in [0.3, 0.4) is 0 Å². The molecular weight excluding hydrogens is 210 g/mol. The first-order valence-electron chi connectivity index (χ1n) is 5.54. The maximum absolute atomic E-state index is 11.9. The topological polar surface area (TPSA) is 20.3 Å². The van der Waals surface area contributed by atoms with Gasteiger partial charge in [-0.2, -0.15) is 0 Å². The molecule has 0 saturated carbocycles. The van der Waals surface area contributed by atoms with Gasteiger partial charge in [-0.15, -0.1) is 0 Å². The molecule has 0 unspecified atom stereocenters. The lowest BCUT2D eigenvalue weighted by atomic mass is 10.0. The molecule has 0 radical (unpaired) electrons. The van der Waals surface area contributed by atoms with Crippen LogP contribution in [0.15, 0.2) is 54.7 Å². The fraction of sp³-hybridized carbons (Fsp3) is 0.133. The van der Waals surface area contributed by atoms with Crippen LogP contribution in [0.4, 0.5) is 0 Å². The number of nitrogens with zero attached hydrogens (tertiary/aromatic N) is 1. The first-order chi connectivity index (χ1) is 8.16. The molecule has 2 rings (SSSR count). The van der Waals surface area contributed by atoms with Gasteiger partial charge in [-0.1, -0.05) is 36.4 Å². The molecule has 0 aliphatic rings. The largest absolute Gasteiger partial charge is 0.383 e. The van der Waals surface area contributed by atoms with Crippen molar-refractivity contribution in [3.63, 3.8) is 0 Å². The summed E-state index contributed by atoms with van der Waals surface area (Å²) in [7, 11) is 3.79. The number of allylic oxidation sites excluding steroid dienone is 1. The predicted molar refractivity (Wildman–Crippen MR) is 71.1 cm³/mol. The Morgan fingerprint density at radius 1 is 1.06 bits per heavy atom. The van der Waals surface area contributed by atoms with Crippen molar-refractivity contribution in [1.82, 2.24) is 4.90 Å². The second-order valence-corrected chi connectivity index (χ2v) is 4.21. The molecule has 0 aliphatic heterocycles. The molecule has 86 valence electrons. The lowest BCUT2D eigenvalue weighted by Crippen LogP contribution is -2.03. The van der Waals surface area contributed by atoms with E-state index in [0.717, 1.165) is 16.3 Å². The number of fused-ring (bicyclic) bond motifs is 1. The standard InChI is InChI=1S/C15H15NO/c1-16(2)10-9-15(17)14-8-7-12-5-3-4-6-13(12)11-14/h3-11H,1-2H3/b10-9+. The lowest BCUT2D eigenvalue weighted by Gasteiger charge is -2.03. The highest BCUT2D eigenvalue weighted by molar-refractivity contribution is 6.06. The summed E-state index contributed by atoms with van der Waals surface area (Å²) in [6.45, 7) is 0. The average Bonchev–Trinajstić information content (AvgIpc) is 2.35. The van der Waals surface area contributed by atoms with E-state index in [1.165, 1.54) is 0 Å². The summed E-state index contributed by atoms with van der Waals surface area (Å²) in [6, 6.07) is 13.8. The van der Waals surface area contributed by atoms with Crippen LogP contribution in [0.2, 0.25) is 0 Å².